The summed E-state index contributed by atoms with van der Waals surface area (Å²) in [6.07, 6.45) is 0.813. The van der Waals surface area contributed by atoms with E-state index in [9.17, 15) is 14.4 Å². The molecule has 172 valence electrons. The molecule has 1 aliphatic rings. The number of hydrogen-bond donors (Lipinski definition) is 1. The Kier molecular flexibility index (Phi) is 7.27. The molecule has 0 saturated heterocycles. The zero-order chi connectivity index (χ0) is 23.4. The molecule has 0 spiro atoms. The van der Waals surface area contributed by atoms with Crippen LogP contribution in [0.5, 0.6) is 5.75 Å². The van der Waals surface area contributed by atoms with Crippen molar-refractivity contribution in [3.05, 3.63) is 51.9 Å². The number of aromatic nitrogens is 3. The van der Waals surface area contributed by atoms with Crippen LogP contribution in [0.1, 0.15) is 28.8 Å². The maximum absolute atomic E-state index is 13.8. The fraction of sp³-hybridized carbons (Fsp3) is 0.364. The van der Waals surface area contributed by atoms with Gasteiger partial charge in [0.15, 0.2) is 22.5 Å². The Morgan fingerprint density at radius 2 is 2.21 bits per heavy atom. The number of fused-ring (bicyclic) bond motifs is 1. The first kappa shape index (κ1) is 23.2. The topological polar surface area (TPSA) is 96.1 Å². The van der Waals surface area contributed by atoms with Gasteiger partial charge in [0.1, 0.15) is 17.7 Å². The summed E-state index contributed by atoms with van der Waals surface area (Å²) in [7, 11) is 2.04. The van der Waals surface area contributed by atoms with Crippen LogP contribution >= 0.6 is 23.1 Å². The third kappa shape index (κ3) is 5.19. The molecule has 0 unspecified atom stereocenters. The summed E-state index contributed by atoms with van der Waals surface area (Å²) in [6.45, 7) is 4.27. The van der Waals surface area contributed by atoms with Crippen molar-refractivity contribution in [2.75, 3.05) is 24.7 Å². The second kappa shape index (κ2) is 10.3. The summed E-state index contributed by atoms with van der Waals surface area (Å²) in [5.74, 6) is 0.170. The number of nitriles is 1. The first-order chi connectivity index (χ1) is 16.0. The lowest BCUT2D eigenvalue weighted by molar-refractivity contribution is -0.113. The van der Waals surface area contributed by atoms with Crippen molar-refractivity contribution in [3.63, 3.8) is 0 Å². The number of thiophene rings is 1. The molecular formula is C22H23FN6O2S2. The highest BCUT2D eigenvalue weighted by Crippen LogP contribution is 2.36. The van der Waals surface area contributed by atoms with Gasteiger partial charge in [-0.2, -0.15) is 5.26 Å². The number of halogens is 1. The number of nitrogens with zero attached hydrogens (tertiary/aromatic N) is 5. The second-order valence-corrected chi connectivity index (χ2v) is 9.55. The lowest BCUT2D eigenvalue weighted by Gasteiger charge is -2.21. The van der Waals surface area contributed by atoms with E-state index in [0.29, 0.717) is 28.1 Å². The average Bonchev–Trinajstić information content (AvgIpc) is 3.36. The third-order valence-corrected chi connectivity index (χ3v) is 7.35. The van der Waals surface area contributed by atoms with Crippen molar-refractivity contribution in [2.24, 2.45) is 0 Å². The number of carbonyl (C=O) groups is 1. The number of likely N-dealkylation sites (N-methyl/N-ethyl adjacent to an activating group) is 1. The predicted molar refractivity (Wildman–Crippen MR) is 125 cm³/mol. The minimum Gasteiger partial charge on any atom is -0.483 e. The number of anilines is 1. The van der Waals surface area contributed by atoms with Crippen molar-refractivity contribution >= 4 is 34.0 Å². The maximum atomic E-state index is 13.8. The maximum Gasteiger partial charge on any atom is 0.235 e. The van der Waals surface area contributed by atoms with Crippen molar-refractivity contribution in [1.82, 2.24) is 19.7 Å². The Balaban J connectivity index is 1.38. The van der Waals surface area contributed by atoms with E-state index in [1.807, 2.05) is 18.5 Å². The van der Waals surface area contributed by atoms with Crippen LogP contribution in [0.3, 0.4) is 0 Å². The van der Waals surface area contributed by atoms with Crippen molar-refractivity contribution < 1.29 is 13.9 Å². The van der Waals surface area contributed by atoms with Gasteiger partial charge in [0.05, 0.1) is 11.3 Å². The molecule has 0 fully saturated rings. The van der Waals surface area contributed by atoms with E-state index < -0.39 is 5.82 Å². The number of benzene rings is 1. The zero-order valence-electron chi connectivity index (χ0n) is 18.3. The molecule has 0 radical (unpaired) electrons. The van der Waals surface area contributed by atoms with Crippen LogP contribution in [-0.2, 0) is 30.9 Å². The van der Waals surface area contributed by atoms with Gasteiger partial charge in [-0.25, -0.2) is 4.39 Å². The van der Waals surface area contributed by atoms with Gasteiger partial charge in [0.2, 0.25) is 5.91 Å². The Bertz CT molecular complexity index is 1200. The minimum absolute atomic E-state index is 0.0647. The highest BCUT2D eigenvalue weighted by atomic mass is 32.2. The van der Waals surface area contributed by atoms with E-state index in [4.69, 9.17) is 4.74 Å². The Morgan fingerprint density at radius 1 is 1.39 bits per heavy atom. The monoisotopic (exact) mass is 486 g/mol. The van der Waals surface area contributed by atoms with Gasteiger partial charge in [-0.1, -0.05) is 23.9 Å². The number of rotatable bonds is 8. The molecule has 0 saturated carbocycles. The van der Waals surface area contributed by atoms with Crippen LogP contribution in [0.15, 0.2) is 29.4 Å². The van der Waals surface area contributed by atoms with Crippen LogP contribution in [0.25, 0.3) is 0 Å². The standard InChI is InChI=1S/C22H23FN6O2S2/c1-3-29-19(12-31-17-7-5-4-6-16(17)23)26-27-22(29)32-13-20(30)25-21-15(10-24)14-8-9-28(2)11-18(14)33-21/h4-7H,3,8-9,11-13H2,1-2H3,(H,25,30). The highest BCUT2D eigenvalue weighted by molar-refractivity contribution is 7.99. The molecule has 11 heteroatoms. The molecule has 0 aliphatic carbocycles. The number of para-hydroxylation sites is 1. The van der Waals surface area contributed by atoms with E-state index in [2.05, 4.69) is 26.5 Å². The van der Waals surface area contributed by atoms with E-state index in [1.165, 1.54) is 29.2 Å². The molecule has 3 heterocycles. The van der Waals surface area contributed by atoms with Crippen molar-refractivity contribution in [3.8, 4) is 11.8 Å². The quantitative estimate of drug-likeness (QED) is 0.485. The molecule has 2 aromatic heterocycles. The van der Waals surface area contributed by atoms with Gasteiger partial charge in [0.25, 0.3) is 0 Å². The van der Waals surface area contributed by atoms with Crippen molar-refractivity contribution in [1.29, 1.82) is 5.26 Å². The zero-order valence-corrected chi connectivity index (χ0v) is 19.9. The number of thioether (sulfide) groups is 1. The largest absolute Gasteiger partial charge is 0.483 e. The van der Waals surface area contributed by atoms with Crippen LogP contribution in [0.4, 0.5) is 9.39 Å². The molecular weight excluding hydrogens is 463 g/mol. The summed E-state index contributed by atoms with van der Waals surface area (Å²) in [5.41, 5.74) is 1.62. The van der Waals surface area contributed by atoms with Crippen LogP contribution < -0.4 is 10.1 Å². The Morgan fingerprint density at radius 3 is 2.97 bits per heavy atom. The number of nitrogens with one attached hydrogen (secondary N) is 1. The normalized spacial score (nSPS) is 13.4. The molecule has 0 bridgehead atoms. The summed E-state index contributed by atoms with van der Waals surface area (Å²) in [4.78, 5) is 16.0. The summed E-state index contributed by atoms with van der Waals surface area (Å²) < 4.78 is 21.1. The molecule has 3 aromatic rings. The van der Waals surface area contributed by atoms with Gasteiger partial charge in [-0.15, -0.1) is 21.5 Å². The third-order valence-electron chi connectivity index (χ3n) is 5.25. The van der Waals surface area contributed by atoms with Crippen LogP contribution in [-0.4, -0.2) is 44.9 Å². The van der Waals surface area contributed by atoms with Crippen LogP contribution in [0.2, 0.25) is 0 Å². The minimum atomic E-state index is -0.440. The fourth-order valence-corrected chi connectivity index (χ4v) is 5.70. The molecule has 1 aromatic carbocycles. The average molecular weight is 487 g/mol. The van der Waals surface area contributed by atoms with E-state index >= 15 is 0 Å². The van der Waals surface area contributed by atoms with Gasteiger partial charge < -0.3 is 19.5 Å². The molecule has 0 atom stereocenters. The van der Waals surface area contributed by atoms with Gasteiger partial charge >= 0.3 is 0 Å². The summed E-state index contributed by atoms with van der Waals surface area (Å²) in [5, 5.41) is 22.0. The summed E-state index contributed by atoms with van der Waals surface area (Å²) >= 11 is 2.73. The Hall–Kier alpha value is -2.94. The Labute approximate surface area is 199 Å². The lowest BCUT2D eigenvalue weighted by atomic mass is 10.0. The molecule has 1 amide bonds. The number of ether oxygens (including phenoxy) is 1. The molecule has 33 heavy (non-hydrogen) atoms. The predicted octanol–water partition coefficient (Wildman–Crippen LogP) is 3.67. The molecule has 8 nitrogen and oxygen atoms in total. The van der Waals surface area contributed by atoms with E-state index in [-0.39, 0.29) is 24.0 Å². The first-order valence-electron chi connectivity index (χ1n) is 10.4. The fourth-order valence-electron chi connectivity index (χ4n) is 3.58. The smallest absolute Gasteiger partial charge is 0.235 e. The molecule has 1 aliphatic heterocycles. The number of hydrogen-bond acceptors (Lipinski definition) is 8. The van der Waals surface area contributed by atoms with Crippen molar-refractivity contribution in [2.45, 2.75) is 38.2 Å². The SMILES string of the molecule is CCn1c(COc2ccccc2F)nnc1SCC(=O)Nc1sc2c(c1C#N)CCN(C)C2. The highest BCUT2D eigenvalue weighted by Gasteiger charge is 2.24. The number of amides is 1. The van der Waals surface area contributed by atoms with E-state index in [1.54, 1.807) is 18.2 Å². The van der Waals surface area contributed by atoms with E-state index in [0.717, 1.165) is 30.0 Å². The summed E-state index contributed by atoms with van der Waals surface area (Å²) in [6, 6.07) is 8.44. The molecule has 4 rings (SSSR count). The van der Waals surface area contributed by atoms with Gasteiger partial charge in [-0.05, 0) is 38.1 Å². The van der Waals surface area contributed by atoms with Gasteiger partial charge in [0, 0.05) is 24.5 Å². The first-order valence-corrected chi connectivity index (χ1v) is 12.3. The molecule has 1 N–H and O–H groups in total. The lowest BCUT2D eigenvalue weighted by Crippen LogP contribution is -2.25. The second-order valence-electron chi connectivity index (χ2n) is 7.51. The van der Waals surface area contributed by atoms with Gasteiger partial charge in [-0.3, -0.25) is 4.79 Å². The number of carbonyl (C=O) groups excluding carboxylic acids is 1. The van der Waals surface area contributed by atoms with Crippen LogP contribution in [0, 0.1) is 17.1 Å².